The van der Waals surface area contributed by atoms with Gasteiger partial charge in [0.15, 0.2) is 0 Å². The van der Waals surface area contributed by atoms with Crippen LogP contribution in [0.3, 0.4) is 0 Å². The van der Waals surface area contributed by atoms with E-state index in [1.807, 2.05) is 0 Å². The van der Waals surface area contributed by atoms with E-state index in [4.69, 9.17) is 13.5 Å². The number of hydrogen-bond acceptors (Lipinski definition) is 7. The Morgan fingerprint density at radius 3 is 2.14 bits per heavy atom. The predicted octanol–water partition coefficient (Wildman–Crippen LogP) is 4.13. The molecule has 12 heteroatoms. The Morgan fingerprint density at radius 2 is 1.53 bits per heavy atom. The molecule has 0 aromatic heterocycles. The molecule has 0 aliphatic heterocycles. The first-order chi connectivity index (χ1) is 16.5. The van der Waals surface area contributed by atoms with Crippen LogP contribution in [0.25, 0.3) is 0 Å². The number of rotatable bonds is 8. The van der Waals surface area contributed by atoms with Gasteiger partial charge in [0, 0.05) is 6.42 Å². The van der Waals surface area contributed by atoms with Crippen LogP contribution in [0.5, 0.6) is 0 Å². The summed E-state index contributed by atoms with van der Waals surface area (Å²) in [6, 6.07) is 0. The lowest BCUT2D eigenvalue weighted by atomic mass is 9.44. The molecular formula is C24H40O10S2. The van der Waals surface area contributed by atoms with Crippen molar-refractivity contribution in [2.45, 2.75) is 97.2 Å². The Morgan fingerprint density at radius 1 is 0.917 bits per heavy atom. The average Bonchev–Trinajstić information content (AvgIpc) is 3.08. The molecule has 0 aromatic carbocycles. The number of hydrogen-bond donors (Lipinski definition) is 3. The van der Waals surface area contributed by atoms with E-state index in [1.165, 1.54) is 0 Å². The monoisotopic (exact) mass is 552 g/mol. The maximum absolute atomic E-state index is 11.6. The molecule has 4 aliphatic rings. The maximum atomic E-state index is 11.6. The first-order valence-electron chi connectivity index (χ1n) is 13.1. The lowest BCUT2D eigenvalue weighted by molar-refractivity contribution is -0.152. The smallest absolute Gasteiger partial charge is 0.397 e. The molecule has 4 rings (SSSR count). The molecule has 36 heavy (non-hydrogen) atoms. The van der Waals surface area contributed by atoms with E-state index >= 15 is 0 Å². The highest BCUT2D eigenvalue weighted by Gasteiger charge is 2.62. The first-order valence-corrected chi connectivity index (χ1v) is 15.8. The number of carbonyl (C=O) groups is 1. The minimum absolute atomic E-state index is 0.0720. The van der Waals surface area contributed by atoms with E-state index in [-0.39, 0.29) is 36.0 Å². The predicted molar refractivity (Wildman–Crippen MR) is 129 cm³/mol. The van der Waals surface area contributed by atoms with E-state index < -0.39 is 39.0 Å². The number of aliphatic carboxylic acids is 1. The summed E-state index contributed by atoms with van der Waals surface area (Å²) >= 11 is 0. The van der Waals surface area contributed by atoms with Crippen LogP contribution in [0.2, 0.25) is 0 Å². The molecule has 10 nitrogen and oxygen atoms in total. The minimum atomic E-state index is -4.86. The quantitative estimate of drug-likeness (QED) is 0.373. The van der Waals surface area contributed by atoms with E-state index in [9.17, 15) is 30.7 Å². The van der Waals surface area contributed by atoms with E-state index in [1.54, 1.807) is 0 Å². The van der Waals surface area contributed by atoms with Gasteiger partial charge in [-0.25, -0.2) is 8.37 Å². The van der Waals surface area contributed by atoms with Crippen LogP contribution in [-0.2, 0) is 34.0 Å². The standard InChI is InChI=1S/C24H40O10S2/c1-14(4-9-22(25)26)17-7-8-18-16-6-5-15-12-20(33-35(27,28)29)21(34-36(30,31)32)13-24(15,3)19(16)10-11-23(17,18)2/h14-21H,4-13H2,1-3H3,(H,25,26)(H,27,28,29)(H,30,31,32)/t14-,15+,16+,17-,18+,19+,20+,21+,23-,24+/m1/s1. The molecule has 3 N–H and O–H groups in total. The van der Waals surface area contributed by atoms with Crippen molar-refractivity contribution in [1.82, 2.24) is 0 Å². The number of fused-ring (bicyclic) bond motifs is 5. The first kappa shape index (κ1) is 28.2. The van der Waals surface area contributed by atoms with Crippen molar-refractivity contribution in [3.05, 3.63) is 0 Å². The summed E-state index contributed by atoms with van der Waals surface area (Å²) < 4.78 is 74.4. The van der Waals surface area contributed by atoms with Crippen LogP contribution in [-0.4, -0.2) is 49.2 Å². The lowest BCUT2D eigenvalue weighted by Crippen LogP contribution is -2.57. The van der Waals surface area contributed by atoms with Crippen LogP contribution in [0.4, 0.5) is 0 Å². The fraction of sp³-hybridized carbons (Fsp3) is 0.958. The zero-order valence-corrected chi connectivity index (χ0v) is 22.8. The van der Waals surface area contributed by atoms with Crippen LogP contribution in [0.15, 0.2) is 0 Å². The fourth-order valence-corrected chi connectivity index (χ4v) is 10.3. The van der Waals surface area contributed by atoms with Gasteiger partial charge in [0.25, 0.3) is 0 Å². The Balaban J connectivity index is 1.56. The second-order valence-corrected chi connectivity index (χ2v) is 14.5. The molecule has 0 spiro atoms. The maximum Gasteiger partial charge on any atom is 0.397 e. The van der Waals surface area contributed by atoms with Gasteiger partial charge in [-0.1, -0.05) is 20.8 Å². The summed E-state index contributed by atoms with van der Waals surface area (Å²) in [5, 5.41) is 9.15. The molecular weight excluding hydrogens is 512 g/mol. The summed E-state index contributed by atoms with van der Waals surface area (Å²) in [5.41, 5.74) is -0.191. The zero-order chi connectivity index (χ0) is 26.7. The third kappa shape index (κ3) is 5.49. The molecule has 0 amide bonds. The molecule has 0 aromatic rings. The molecule has 0 bridgehead atoms. The van der Waals surface area contributed by atoms with Crippen molar-refractivity contribution < 1.29 is 44.2 Å². The van der Waals surface area contributed by atoms with Crippen LogP contribution < -0.4 is 0 Å². The third-order valence-electron chi connectivity index (χ3n) is 10.7. The van der Waals surface area contributed by atoms with E-state index in [2.05, 4.69) is 20.8 Å². The topological polar surface area (TPSA) is 164 Å². The molecule has 4 fully saturated rings. The molecule has 0 heterocycles. The molecule has 0 radical (unpaired) electrons. The van der Waals surface area contributed by atoms with E-state index in [0.717, 1.165) is 38.5 Å². The fourth-order valence-electron chi connectivity index (χ4n) is 9.27. The average molecular weight is 553 g/mol. The Kier molecular flexibility index (Phi) is 7.64. The van der Waals surface area contributed by atoms with Gasteiger partial charge in [0.05, 0.1) is 0 Å². The van der Waals surface area contributed by atoms with Crippen molar-refractivity contribution in [3.63, 3.8) is 0 Å². The van der Waals surface area contributed by atoms with Crippen LogP contribution >= 0.6 is 0 Å². The van der Waals surface area contributed by atoms with Crippen molar-refractivity contribution in [3.8, 4) is 0 Å². The van der Waals surface area contributed by atoms with Crippen molar-refractivity contribution >= 4 is 26.8 Å². The highest BCUT2D eigenvalue weighted by molar-refractivity contribution is 7.81. The Bertz CT molecular complexity index is 1060. The Hall–Kier alpha value is -0.790. The van der Waals surface area contributed by atoms with E-state index in [0.29, 0.717) is 36.0 Å². The third-order valence-corrected chi connectivity index (χ3v) is 11.7. The normalized spacial score (nSPS) is 43.8. The van der Waals surface area contributed by atoms with Gasteiger partial charge < -0.3 is 5.11 Å². The molecule has 0 saturated heterocycles. The number of carboxylic acids is 1. The highest BCUT2D eigenvalue weighted by Crippen LogP contribution is 2.68. The van der Waals surface area contributed by atoms with Crippen molar-refractivity contribution in [2.75, 3.05) is 0 Å². The Labute approximate surface area is 214 Å². The largest absolute Gasteiger partial charge is 0.481 e. The van der Waals surface area contributed by atoms with Gasteiger partial charge in [0.1, 0.15) is 12.2 Å². The molecule has 10 atom stereocenters. The van der Waals surface area contributed by atoms with Crippen molar-refractivity contribution in [2.24, 2.45) is 46.3 Å². The second-order valence-electron chi connectivity index (χ2n) is 12.4. The molecule has 4 saturated carbocycles. The molecule has 208 valence electrons. The van der Waals surface area contributed by atoms with Crippen molar-refractivity contribution in [1.29, 1.82) is 0 Å². The SMILES string of the molecule is C[C@H](CCC(=O)O)[C@H]1CC[C@H]2[C@@H]3CC[C@H]4C[C@H](OS(=O)(=O)O)[C@@H](OS(=O)(=O)O)C[C@]4(C)[C@H]3CC[C@]12C. The molecule has 0 unspecified atom stereocenters. The molecule has 4 aliphatic carbocycles. The van der Waals surface area contributed by atoms with Gasteiger partial charge in [-0.2, -0.15) is 16.8 Å². The second kappa shape index (κ2) is 9.75. The van der Waals surface area contributed by atoms with Gasteiger partial charge in [0.2, 0.25) is 0 Å². The van der Waals surface area contributed by atoms with Crippen LogP contribution in [0.1, 0.15) is 85.0 Å². The summed E-state index contributed by atoms with van der Waals surface area (Å²) in [7, 11) is -9.69. The minimum Gasteiger partial charge on any atom is -0.481 e. The van der Waals surface area contributed by atoms with Gasteiger partial charge in [-0.3, -0.25) is 13.9 Å². The summed E-state index contributed by atoms with van der Waals surface area (Å²) in [4.78, 5) is 11.1. The van der Waals surface area contributed by atoms with Crippen LogP contribution in [0, 0.1) is 46.3 Å². The summed E-state index contributed by atoms with van der Waals surface area (Å²) in [6.07, 6.45) is 4.86. The lowest BCUT2D eigenvalue weighted by Gasteiger charge is -2.62. The summed E-state index contributed by atoms with van der Waals surface area (Å²) in [6.45, 7) is 6.68. The van der Waals surface area contributed by atoms with Gasteiger partial charge >= 0.3 is 26.8 Å². The zero-order valence-electron chi connectivity index (χ0n) is 21.2. The number of carboxylic acid groups (broad SMARTS) is 1. The van der Waals surface area contributed by atoms with Gasteiger partial charge in [-0.05, 0) is 104 Å². The highest BCUT2D eigenvalue weighted by atomic mass is 32.3. The summed E-state index contributed by atoms with van der Waals surface area (Å²) in [5.74, 6) is 1.35. The van der Waals surface area contributed by atoms with Gasteiger partial charge in [-0.15, -0.1) is 0 Å².